The van der Waals surface area contributed by atoms with Crippen LogP contribution in [0, 0.1) is 0 Å². The molecule has 0 aliphatic carbocycles. The van der Waals surface area contributed by atoms with E-state index in [4.69, 9.17) is 22.2 Å². The number of aromatic nitrogens is 1. The van der Waals surface area contributed by atoms with Gasteiger partial charge in [-0.3, -0.25) is 11.3 Å². The molecule has 1 fully saturated rings. The predicted molar refractivity (Wildman–Crippen MR) is 67.5 cm³/mol. The van der Waals surface area contributed by atoms with Gasteiger partial charge in [0.1, 0.15) is 5.15 Å². The Labute approximate surface area is 106 Å². The maximum Gasteiger partial charge on any atom is 0.129 e. The van der Waals surface area contributed by atoms with E-state index >= 15 is 0 Å². The first kappa shape index (κ1) is 12.8. The number of hydrogen-bond donors (Lipinski definition) is 2. The van der Waals surface area contributed by atoms with E-state index in [1.54, 1.807) is 12.3 Å². The molecule has 1 aromatic rings. The topological polar surface area (TPSA) is 60.2 Å². The van der Waals surface area contributed by atoms with Gasteiger partial charge in [-0.25, -0.2) is 4.98 Å². The van der Waals surface area contributed by atoms with E-state index in [1.165, 1.54) is 6.42 Å². The molecule has 5 heteroatoms. The third-order valence-electron chi connectivity index (χ3n) is 3.16. The molecule has 0 aromatic carbocycles. The summed E-state index contributed by atoms with van der Waals surface area (Å²) in [4.78, 5) is 4.07. The highest BCUT2D eigenvalue weighted by atomic mass is 35.5. The van der Waals surface area contributed by atoms with Crippen molar-refractivity contribution in [3.8, 4) is 0 Å². The molecule has 2 atom stereocenters. The lowest BCUT2D eigenvalue weighted by atomic mass is 10.0. The van der Waals surface area contributed by atoms with Gasteiger partial charge in [-0.05, 0) is 37.3 Å². The lowest BCUT2D eigenvalue weighted by Crippen LogP contribution is -2.28. The molecule has 1 aliphatic rings. The minimum atomic E-state index is 0.115. The second-order valence-corrected chi connectivity index (χ2v) is 4.73. The highest BCUT2D eigenvalue weighted by Crippen LogP contribution is 2.23. The van der Waals surface area contributed by atoms with Crippen LogP contribution < -0.4 is 11.3 Å². The van der Waals surface area contributed by atoms with Crippen LogP contribution in [0.5, 0.6) is 0 Å². The number of pyridine rings is 1. The average molecular weight is 256 g/mol. The van der Waals surface area contributed by atoms with Gasteiger partial charge in [-0.15, -0.1) is 0 Å². The number of ether oxygens (including phenoxy) is 1. The predicted octanol–water partition coefficient (Wildman–Crippen LogP) is 2.20. The quantitative estimate of drug-likeness (QED) is 0.481. The van der Waals surface area contributed by atoms with Crippen LogP contribution in [0.3, 0.4) is 0 Å². The third-order valence-corrected chi connectivity index (χ3v) is 3.38. The minimum Gasteiger partial charge on any atom is -0.378 e. The summed E-state index contributed by atoms with van der Waals surface area (Å²) >= 11 is 5.76. The summed E-state index contributed by atoms with van der Waals surface area (Å²) in [5.74, 6) is 5.58. The third kappa shape index (κ3) is 3.64. The summed E-state index contributed by atoms with van der Waals surface area (Å²) in [6.07, 6.45) is 6.47. The second kappa shape index (κ2) is 6.31. The highest BCUT2D eigenvalue weighted by Gasteiger charge is 2.18. The number of hydrogen-bond acceptors (Lipinski definition) is 4. The second-order valence-electron chi connectivity index (χ2n) is 4.35. The van der Waals surface area contributed by atoms with Gasteiger partial charge in [0.25, 0.3) is 0 Å². The minimum absolute atomic E-state index is 0.115. The zero-order valence-corrected chi connectivity index (χ0v) is 10.5. The lowest BCUT2D eigenvalue weighted by molar-refractivity contribution is 0.0996. The van der Waals surface area contributed by atoms with Crippen molar-refractivity contribution in [2.45, 2.75) is 37.8 Å². The van der Waals surface area contributed by atoms with Gasteiger partial charge >= 0.3 is 0 Å². The first-order valence-corrected chi connectivity index (χ1v) is 6.36. The Morgan fingerprint density at radius 3 is 3.06 bits per heavy atom. The molecule has 1 saturated heterocycles. The number of halogens is 1. The van der Waals surface area contributed by atoms with Gasteiger partial charge in [0.15, 0.2) is 0 Å². The first-order chi connectivity index (χ1) is 8.29. The van der Waals surface area contributed by atoms with Crippen molar-refractivity contribution in [1.82, 2.24) is 10.4 Å². The summed E-state index contributed by atoms with van der Waals surface area (Å²) in [6, 6.07) is 3.85. The average Bonchev–Trinajstić information content (AvgIpc) is 2.85. The van der Waals surface area contributed by atoms with E-state index in [-0.39, 0.29) is 6.04 Å². The molecule has 1 aromatic heterocycles. The zero-order chi connectivity index (χ0) is 12.1. The number of hydrazine groups is 1. The summed E-state index contributed by atoms with van der Waals surface area (Å²) < 4.78 is 5.60. The van der Waals surface area contributed by atoms with Crippen molar-refractivity contribution in [3.05, 3.63) is 29.0 Å². The molecule has 0 amide bonds. The maximum absolute atomic E-state index is 5.76. The van der Waals surface area contributed by atoms with Gasteiger partial charge < -0.3 is 4.74 Å². The Hall–Kier alpha value is -0.680. The van der Waals surface area contributed by atoms with Gasteiger partial charge in [0, 0.05) is 18.8 Å². The molecule has 94 valence electrons. The first-order valence-electron chi connectivity index (χ1n) is 5.99. The fraction of sp³-hybridized carbons (Fsp3) is 0.583. The summed E-state index contributed by atoms with van der Waals surface area (Å²) in [6.45, 7) is 0.897. The van der Waals surface area contributed by atoms with Crippen LogP contribution in [0.15, 0.2) is 18.3 Å². The Morgan fingerprint density at radius 1 is 1.59 bits per heavy atom. The van der Waals surface area contributed by atoms with Crippen molar-refractivity contribution < 1.29 is 4.74 Å². The van der Waals surface area contributed by atoms with Crippen LogP contribution in [-0.2, 0) is 4.74 Å². The summed E-state index contributed by atoms with van der Waals surface area (Å²) in [5.41, 5.74) is 3.89. The van der Waals surface area contributed by atoms with Gasteiger partial charge in [0.2, 0.25) is 0 Å². The zero-order valence-electron chi connectivity index (χ0n) is 9.73. The van der Waals surface area contributed by atoms with E-state index in [0.717, 1.165) is 31.4 Å². The van der Waals surface area contributed by atoms with E-state index in [2.05, 4.69) is 10.4 Å². The van der Waals surface area contributed by atoms with Gasteiger partial charge in [0.05, 0.1) is 6.10 Å². The van der Waals surface area contributed by atoms with Crippen LogP contribution in [0.1, 0.15) is 37.3 Å². The van der Waals surface area contributed by atoms with Crippen molar-refractivity contribution in [2.75, 3.05) is 6.61 Å². The Balaban J connectivity index is 1.89. The van der Waals surface area contributed by atoms with Gasteiger partial charge in [-0.1, -0.05) is 17.7 Å². The maximum atomic E-state index is 5.76. The van der Waals surface area contributed by atoms with Crippen LogP contribution >= 0.6 is 11.6 Å². The van der Waals surface area contributed by atoms with Crippen LogP contribution in [0.25, 0.3) is 0 Å². The summed E-state index contributed by atoms with van der Waals surface area (Å²) in [7, 11) is 0. The van der Waals surface area contributed by atoms with Crippen LogP contribution in [0.2, 0.25) is 5.15 Å². The molecule has 2 rings (SSSR count). The number of rotatable bonds is 5. The van der Waals surface area contributed by atoms with E-state index in [1.807, 2.05) is 6.07 Å². The summed E-state index contributed by atoms with van der Waals surface area (Å²) in [5, 5.41) is 0.503. The van der Waals surface area contributed by atoms with E-state index in [0.29, 0.717) is 11.3 Å². The van der Waals surface area contributed by atoms with Crippen molar-refractivity contribution in [1.29, 1.82) is 0 Å². The SMILES string of the molecule is NNC(CCC1CCCO1)c1ccc(Cl)nc1. The largest absolute Gasteiger partial charge is 0.378 e. The van der Waals surface area contributed by atoms with Crippen molar-refractivity contribution in [2.24, 2.45) is 5.84 Å². The van der Waals surface area contributed by atoms with Crippen molar-refractivity contribution >= 4 is 11.6 Å². The molecule has 2 unspecified atom stereocenters. The van der Waals surface area contributed by atoms with Crippen LogP contribution in [-0.4, -0.2) is 17.7 Å². The molecule has 0 spiro atoms. The Kier molecular flexibility index (Phi) is 4.74. The molecule has 3 N–H and O–H groups in total. The highest BCUT2D eigenvalue weighted by molar-refractivity contribution is 6.29. The smallest absolute Gasteiger partial charge is 0.129 e. The number of nitrogens with one attached hydrogen (secondary N) is 1. The molecule has 0 radical (unpaired) electrons. The molecule has 1 aliphatic heterocycles. The van der Waals surface area contributed by atoms with Crippen LogP contribution in [0.4, 0.5) is 0 Å². The fourth-order valence-corrected chi connectivity index (χ4v) is 2.28. The lowest BCUT2D eigenvalue weighted by Gasteiger charge is -2.18. The van der Waals surface area contributed by atoms with E-state index < -0.39 is 0 Å². The molecule has 2 heterocycles. The normalized spacial score (nSPS) is 21.6. The monoisotopic (exact) mass is 255 g/mol. The number of nitrogens with two attached hydrogens (primary N) is 1. The fourth-order valence-electron chi connectivity index (χ4n) is 2.16. The molecule has 0 saturated carbocycles. The molecular weight excluding hydrogens is 238 g/mol. The molecule has 17 heavy (non-hydrogen) atoms. The standard InChI is InChI=1S/C12H18ClN3O/c13-12-6-3-9(8-15-12)11(16-14)5-4-10-2-1-7-17-10/h3,6,8,10-11,16H,1-2,4-5,7,14H2. The van der Waals surface area contributed by atoms with Crippen molar-refractivity contribution in [3.63, 3.8) is 0 Å². The van der Waals surface area contributed by atoms with Gasteiger partial charge in [-0.2, -0.15) is 0 Å². The molecule has 4 nitrogen and oxygen atoms in total. The molecular formula is C12H18ClN3O. The Bertz CT molecular complexity index is 338. The van der Waals surface area contributed by atoms with E-state index in [9.17, 15) is 0 Å². The Morgan fingerprint density at radius 2 is 2.47 bits per heavy atom. The molecule has 0 bridgehead atoms. The number of nitrogens with zero attached hydrogens (tertiary/aromatic N) is 1.